The van der Waals surface area contributed by atoms with E-state index in [0.717, 1.165) is 12.5 Å². The van der Waals surface area contributed by atoms with E-state index in [1.165, 1.54) is 19.3 Å². The highest BCUT2D eigenvalue weighted by Gasteiger charge is 2.22. The molecule has 1 fully saturated rings. The van der Waals surface area contributed by atoms with Crippen LogP contribution in [-0.2, 0) is 0 Å². The molecule has 0 saturated heterocycles. The van der Waals surface area contributed by atoms with Crippen LogP contribution < -0.4 is 4.90 Å². The molecule has 0 N–H and O–H groups in total. The second-order valence-corrected chi connectivity index (χ2v) is 4.87. The number of nitrogens with zero attached hydrogens (tertiary/aromatic N) is 3. The topological polar surface area (TPSA) is 42.2 Å². The van der Waals surface area contributed by atoms with Crippen molar-refractivity contribution in [3.63, 3.8) is 0 Å². The van der Waals surface area contributed by atoms with Gasteiger partial charge in [0.05, 0.1) is 0 Å². The second kappa shape index (κ2) is 4.39. The summed E-state index contributed by atoms with van der Waals surface area (Å²) in [6.07, 6.45) is 3.99. The van der Waals surface area contributed by atoms with Gasteiger partial charge in [0.1, 0.15) is 5.38 Å². The van der Waals surface area contributed by atoms with Crippen molar-refractivity contribution in [2.24, 2.45) is 5.92 Å². The molecule has 84 valence electrons. The summed E-state index contributed by atoms with van der Waals surface area (Å²) in [5.74, 6) is 1.28. The molecule has 4 nitrogen and oxygen atoms in total. The molecule has 1 aliphatic carbocycles. The Labute approximate surface area is 94.6 Å². The monoisotopic (exact) mass is 229 g/mol. The number of aromatic nitrogens is 2. The Hall–Kier alpha value is -0.770. The SMILES string of the molecule is CC(Cl)c1nnc(N(C)CC2CCC2)o1. The molecule has 1 atom stereocenters. The molecule has 1 aromatic heterocycles. The van der Waals surface area contributed by atoms with Crippen molar-refractivity contribution in [3.05, 3.63) is 5.89 Å². The Morgan fingerprint density at radius 2 is 2.27 bits per heavy atom. The van der Waals surface area contributed by atoms with Gasteiger partial charge in [-0.3, -0.25) is 0 Å². The van der Waals surface area contributed by atoms with Gasteiger partial charge in [-0.05, 0) is 25.7 Å². The lowest BCUT2D eigenvalue weighted by Gasteiger charge is -2.29. The lowest BCUT2D eigenvalue weighted by atomic mass is 9.85. The molecule has 1 aliphatic rings. The summed E-state index contributed by atoms with van der Waals surface area (Å²) in [7, 11) is 1.98. The van der Waals surface area contributed by atoms with E-state index in [0.29, 0.717) is 11.9 Å². The second-order valence-electron chi connectivity index (χ2n) is 4.22. The Morgan fingerprint density at radius 3 is 2.73 bits per heavy atom. The fourth-order valence-corrected chi connectivity index (χ4v) is 1.77. The van der Waals surface area contributed by atoms with Crippen LogP contribution in [0.5, 0.6) is 0 Å². The first-order chi connectivity index (χ1) is 7.16. The lowest BCUT2D eigenvalue weighted by molar-refractivity contribution is 0.316. The highest BCUT2D eigenvalue weighted by molar-refractivity contribution is 6.20. The van der Waals surface area contributed by atoms with Gasteiger partial charge in [-0.25, -0.2) is 0 Å². The van der Waals surface area contributed by atoms with E-state index >= 15 is 0 Å². The van der Waals surface area contributed by atoms with Crippen molar-refractivity contribution in [2.45, 2.75) is 31.6 Å². The number of anilines is 1. The first-order valence-electron chi connectivity index (χ1n) is 5.35. The van der Waals surface area contributed by atoms with Crippen molar-refractivity contribution >= 4 is 17.6 Å². The van der Waals surface area contributed by atoms with Crippen LogP contribution in [0.1, 0.15) is 37.5 Å². The largest absolute Gasteiger partial charge is 0.406 e. The fourth-order valence-electron chi connectivity index (χ4n) is 1.68. The standard InChI is InChI=1S/C10H16ClN3O/c1-7(11)9-12-13-10(15-9)14(2)6-8-4-3-5-8/h7-8H,3-6H2,1-2H3. The fraction of sp³-hybridized carbons (Fsp3) is 0.800. The van der Waals surface area contributed by atoms with E-state index in [2.05, 4.69) is 10.2 Å². The maximum Gasteiger partial charge on any atom is 0.317 e. The average molecular weight is 230 g/mol. The summed E-state index contributed by atoms with van der Waals surface area (Å²) in [6.45, 7) is 2.82. The summed E-state index contributed by atoms with van der Waals surface area (Å²) in [5.41, 5.74) is 0. The highest BCUT2D eigenvalue weighted by atomic mass is 35.5. The molecule has 0 amide bonds. The molecular weight excluding hydrogens is 214 g/mol. The molecule has 0 bridgehead atoms. The van der Waals surface area contributed by atoms with Gasteiger partial charge in [0.15, 0.2) is 0 Å². The Morgan fingerprint density at radius 1 is 1.53 bits per heavy atom. The minimum atomic E-state index is -0.219. The van der Waals surface area contributed by atoms with Gasteiger partial charge in [0, 0.05) is 13.6 Å². The Kier molecular flexibility index (Phi) is 3.14. The first kappa shape index (κ1) is 10.7. The number of alkyl halides is 1. The zero-order chi connectivity index (χ0) is 10.8. The predicted octanol–water partition coefficient (Wildman–Crippen LogP) is 2.61. The van der Waals surface area contributed by atoms with Crippen LogP contribution in [0.4, 0.5) is 6.01 Å². The van der Waals surface area contributed by atoms with E-state index in [4.69, 9.17) is 16.0 Å². The highest BCUT2D eigenvalue weighted by Crippen LogP contribution is 2.28. The van der Waals surface area contributed by atoms with Crippen LogP contribution in [0.15, 0.2) is 4.42 Å². The van der Waals surface area contributed by atoms with Gasteiger partial charge in [0.25, 0.3) is 0 Å². The summed E-state index contributed by atoms with van der Waals surface area (Å²) in [4.78, 5) is 2.01. The number of hydrogen-bond acceptors (Lipinski definition) is 4. The molecule has 15 heavy (non-hydrogen) atoms. The van der Waals surface area contributed by atoms with Gasteiger partial charge in [-0.15, -0.1) is 16.7 Å². The number of halogens is 1. The minimum absolute atomic E-state index is 0.219. The minimum Gasteiger partial charge on any atom is -0.406 e. The molecule has 0 aromatic carbocycles. The van der Waals surface area contributed by atoms with E-state index in [-0.39, 0.29) is 5.38 Å². The first-order valence-corrected chi connectivity index (χ1v) is 5.79. The van der Waals surface area contributed by atoms with Crippen LogP contribution >= 0.6 is 11.6 Å². The van der Waals surface area contributed by atoms with E-state index < -0.39 is 0 Å². The molecule has 1 heterocycles. The maximum absolute atomic E-state index is 5.85. The van der Waals surface area contributed by atoms with Gasteiger partial charge in [-0.1, -0.05) is 11.5 Å². The van der Waals surface area contributed by atoms with Crippen LogP contribution in [0, 0.1) is 5.92 Å². The Balaban J connectivity index is 1.95. The lowest BCUT2D eigenvalue weighted by Crippen LogP contribution is -2.29. The normalized spacial score (nSPS) is 18.6. The van der Waals surface area contributed by atoms with E-state index in [9.17, 15) is 0 Å². The van der Waals surface area contributed by atoms with Crippen molar-refractivity contribution in [1.82, 2.24) is 10.2 Å². The maximum atomic E-state index is 5.85. The van der Waals surface area contributed by atoms with Crippen molar-refractivity contribution < 1.29 is 4.42 Å². The third-order valence-electron chi connectivity index (χ3n) is 2.85. The van der Waals surface area contributed by atoms with Crippen molar-refractivity contribution in [2.75, 3.05) is 18.5 Å². The number of rotatable bonds is 4. The van der Waals surface area contributed by atoms with Gasteiger partial charge >= 0.3 is 6.01 Å². The van der Waals surface area contributed by atoms with E-state index in [1.807, 2.05) is 18.9 Å². The number of hydrogen-bond donors (Lipinski definition) is 0. The molecule has 1 unspecified atom stereocenters. The average Bonchev–Trinajstić information content (AvgIpc) is 2.59. The van der Waals surface area contributed by atoms with Crippen LogP contribution in [-0.4, -0.2) is 23.8 Å². The predicted molar refractivity (Wildman–Crippen MR) is 59.2 cm³/mol. The molecular formula is C10H16ClN3O. The molecule has 1 saturated carbocycles. The summed E-state index contributed by atoms with van der Waals surface area (Å²) < 4.78 is 5.45. The molecule has 2 rings (SSSR count). The quantitative estimate of drug-likeness (QED) is 0.745. The summed E-state index contributed by atoms with van der Waals surface area (Å²) in [6, 6.07) is 0.574. The molecule has 1 aromatic rings. The van der Waals surface area contributed by atoms with Crippen molar-refractivity contribution in [3.8, 4) is 0 Å². The smallest absolute Gasteiger partial charge is 0.317 e. The van der Waals surface area contributed by atoms with Gasteiger partial charge in [0.2, 0.25) is 5.89 Å². The molecule has 0 spiro atoms. The van der Waals surface area contributed by atoms with Gasteiger partial charge < -0.3 is 9.32 Å². The Bertz CT molecular complexity index is 322. The third kappa shape index (κ3) is 2.43. The van der Waals surface area contributed by atoms with Gasteiger partial charge in [-0.2, -0.15) is 0 Å². The summed E-state index contributed by atoms with van der Waals surface area (Å²) in [5, 5.41) is 7.65. The molecule has 0 radical (unpaired) electrons. The van der Waals surface area contributed by atoms with E-state index in [1.54, 1.807) is 0 Å². The zero-order valence-corrected chi connectivity index (χ0v) is 9.87. The molecule has 0 aliphatic heterocycles. The van der Waals surface area contributed by atoms with Crippen molar-refractivity contribution in [1.29, 1.82) is 0 Å². The van der Waals surface area contributed by atoms with Crippen LogP contribution in [0.25, 0.3) is 0 Å². The molecule has 5 heteroatoms. The third-order valence-corrected chi connectivity index (χ3v) is 3.04. The zero-order valence-electron chi connectivity index (χ0n) is 9.11. The van der Waals surface area contributed by atoms with Crippen LogP contribution in [0.2, 0.25) is 0 Å². The summed E-state index contributed by atoms with van der Waals surface area (Å²) >= 11 is 5.85. The van der Waals surface area contributed by atoms with Crippen LogP contribution in [0.3, 0.4) is 0 Å².